The largest absolute Gasteiger partial charge is 0.460 e. The summed E-state index contributed by atoms with van der Waals surface area (Å²) in [6, 6.07) is 0. The average molecular weight is 364 g/mol. The van der Waals surface area contributed by atoms with Gasteiger partial charge in [-0.1, -0.05) is 0 Å². The Kier molecular flexibility index (Phi) is 5.09. The van der Waals surface area contributed by atoms with E-state index in [0.717, 1.165) is 11.3 Å². The molecular formula is C12H13FN2O6S2. The normalized spacial score (nSPS) is 18.3. The maximum Gasteiger partial charge on any atom is 0.381 e. The molecule has 1 saturated heterocycles. The van der Waals surface area contributed by atoms with E-state index in [9.17, 15) is 26.7 Å². The highest BCUT2D eigenvalue weighted by atomic mass is 32.3. The molecule has 0 saturated carbocycles. The van der Waals surface area contributed by atoms with Crippen LogP contribution in [0.1, 0.15) is 23.8 Å². The molecule has 1 aromatic heterocycles. The number of ketones is 1. The maximum atomic E-state index is 12.7. The van der Waals surface area contributed by atoms with Crippen LogP contribution in [0.4, 0.5) is 9.02 Å². The van der Waals surface area contributed by atoms with Crippen molar-refractivity contribution < 1.29 is 31.4 Å². The van der Waals surface area contributed by atoms with Crippen LogP contribution < -0.4 is 4.90 Å². The second-order valence-corrected chi connectivity index (χ2v) is 7.09. The van der Waals surface area contributed by atoms with E-state index in [-0.39, 0.29) is 30.4 Å². The number of anilines is 1. The third kappa shape index (κ3) is 4.32. The zero-order chi connectivity index (χ0) is 17.2. The highest BCUT2D eigenvalue weighted by Gasteiger charge is 2.35. The molecule has 0 bridgehead atoms. The first kappa shape index (κ1) is 17.5. The highest BCUT2D eigenvalue weighted by molar-refractivity contribution is 7.86. The summed E-state index contributed by atoms with van der Waals surface area (Å²) in [5.74, 6) is -3.80. The van der Waals surface area contributed by atoms with Gasteiger partial charge in [0, 0.05) is 24.3 Å². The molecule has 8 nitrogen and oxygen atoms in total. The molecule has 1 aliphatic heterocycles. The molecule has 1 fully saturated rings. The second kappa shape index (κ2) is 6.71. The first-order valence-corrected chi connectivity index (χ1v) is 9.04. The number of amides is 1. The predicted molar refractivity (Wildman–Crippen MR) is 78.4 cm³/mol. The van der Waals surface area contributed by atoms with Gasteiger partial charge in [-0.25, -0.2) is 9.78 Å². The Morgan fingerprint density at radius 1 is 1.52 bits per heavy atom. The fraction of sp³-hybridized carbons (Fsp3) is 0.500. The number of ether oxygens (including phenoxy) is 1. The molecule has 1 aliphatic rings. The lowest BCUT2D eigenvalue weighted by atomic mass is 10.1. The maximum absolute atomic E-state index is 12.7. The molecule has 0 aliphatic carbocycles. The molecule has 0 radical (unpaired) electrons. The summed E-state index contributed by atoms with van der Waals surface area (Å²) in [5, 5.41) is 1.46. The molecule has 0 spiro atoms. The SMILES string of the molecule is CCOC(=O)C(=O)c1csc(N2CC(CS(=O)(=O)F)CC2=O)n1. The summed E-state index contributed by atoms with van der Waals surface area (Å²) in [6.45, 7) is 1.59. The number of esters is 1. The van der Waals surface area contributed by atoms with Crippen molar-refractivity contribution in [3.05, 3.63) is 11.1 Å². The van der Waals surface area contributed by atoms with Gasteiger partial charge >= 0.3 is 16.2 Å². The number of halogens is 1. The van der Waals surface area contributed by atoms with Gasteiger partial charge in [0.1, 0.15) is 5.69 Å². The fourth-order valence-electron chi connectivity index (χ4n) is 2.15. The van der Waals surface area contributed by atoms with Gasteiger partial charge in [-0.05, 0) is 6.92 Å². The summed E-state index contributed by atoms with van der Waals surface area (Å²) in [7, 11) is -4.67. The molecule has 11 heteroatoms. The predicted octanol–water partition coefficient (Wildman–Crippen LogP) is 0.541. The van der Waals surface area contributed by atoms with Crippen molar-refractivity contribution in [1.29, 1.82) is 0 Å². The van der Waals surface area contributed by atoms with Crippen molar-refractivity contribution in [2.24, 2.45) is 5.92 Å². The molecule has 1 amide bonds. The number of hydrogen-bond acceptors (Lipinski definition) is 8. The van der Waals surface area contributed by atoms with Gasteiger partial charge in [-0.15, -0.1) is 15.2 Å². The minimum Gasteiger partial charge on any atom is -0.460 e. The Morgan fingerprint density at radius 2 is 2.22 bits per heavy atom. The van der Waals surface area contributed by atoms with Crippen LogP contribution in [0, 0.1) is 5.92 Å². The van der Waals surface area contributed by atoms with Gasteiger partial charge in [0.2, 0.25) is 5.91 Å². The first-order chi connectivity index (χ1) is 10.7. The first-order valence-electron chi connectivity index (χ1n) is 6.61. The molecule has 1 atom stereocenters. The Hall–Kier alpha value is -1.88. The van der Waals surface area contributed by atoms with E-state index in [1.165, 1.54) is 10.3 Å². The zero-order valence-corrected chi connectivity index (χ0v) is 13.7. The summed E-state index contributed by atoms with van der Waals surface area (Å²) in [6.07, 6.45) is -0.121. The Morgan fingerprint density at radius 3 is 2.83 bits per heavy atom. The second-order valence-electron chi connectivity index (χ2n) is 4.84. The minimum absolute atomic E-state index is 0.0114. The van der Waals surface area contributed by atoms with Crippen molar-refractivity contribution in [3.63, 3.8) is 0 Å². The third-order valence-electron chi connectivity index (χ3n) is 3.06. The van der Waals surface area contributed by atoms with Gasteiger partial charge in [-0.2, -0.15) is 8.42 Å². The molecule has 23 heavy (non-hydrogen) atoms. The lowest BCUT2D eigenvalue weighted by molar-refractivity contribution is -0.137. The number of rotatable bonds is 6. The number of Topliss-reactive ketones (excluding diaryl/α,β-unsaturated/α-hetero) is 1. The lowest BCUT2D eigenvalue weighted by Gasteiger charge is -2.12. The molecule has 0 aromatic carbocycles. The topological polar surface area (TPSA) is 111 Å². The molecule has 2 rings (SSSR count). The van der Waals surface area contributed by atoms with Crippen LogP contribution in [-0.4, -0.2) is 50.0 Å². The van der Waals surface area contributed by atoms with Gasteiger partial charge in [-0.3, -0.25) is 14.5 Å². The molecular weight excluding hydrogens is 351 g/mol. The van der Waals surface area contributed by atoms with Crippen LogP contribution in [0.15, 0.2) is 5.38 Å². The fourth-order valence-corrected chi connectivity index (χ4v) is 3.77. The number of carbonyl (C=O) groups is 3. The van der Waals surface area contributed by atoms with Crippen molar-refractivity contribution >= 4 is 44.4 Å². The van der Waals surface area contributed by atoms with Crippen LogP contribution in [0.25, 0.3) is 0 Å². The summed E-state index contributed by atoms with van der Waals surface area (Å²) >= 11 is 0.957. The van der Waals surface area contributed by atoms with Crippen LogP contribution in [-0.2, 0) is 24.5 Å². The summed E-state index contributed by atoms with van der Waals surface area (Å²) in [5.41, 5.74) is -0.155. The monoisotopic (exact) mass is 364 g/mol. The average Bonchev–Trinajstić information content (AvgIpc) is 3.03. The van der Waals surface area contributed by atoms with Gasteiger partial charge in [0.25, 0.3) is 5.78 Å². The molecule has 1 aromatic rings. The van der Waals surface area contributed by atoms with Crippen molar-refractivity contribution in [3.8, 4) is 0 Å². The van der Waals surface area contributed by atoms with Crippen molar-refractivity contribution in [1.82, 2.24) is 4.98 Å². The van der Waals surface area contributed by atoms with E-state index >= 15 is 0 Å². The number of carbonyl (C=O) groups excluding carboxylic acids is 3. The molecule has 2 heterocycles. The molecule has 126 valence electrons. The Balaban J connectivity index is 2.10. The van der Waals surface area contributed by atoms with E-state index in [1.54, 1.807) is 6.92 Å². The van der Waals surface area contributed by atoms with Crippen LogP contribution in [0.3, 0.4) is 0 Å². The summed E-state index contributed by atoms with van der Waals surface area (Å²) < 4.78 is 38.6. The van der Waals surface area contributed by atoms with Gasteiger partial charge < -0.3 is 4.74 Å². The molecule has 0 N–H and O–H groups in total. The zero-order valence-electron chi connectivity index (χ0n) is 12.0. The van der Waals surface area contributed by atoms with Gasteiger partial charge in [0.15, 0.2) is 5.13 Å². The van der Waals surface area contributed by atoms with Gasteiger partial charge in [0.05, 0.1) is 12.4 Å². The standard InChI is InChI=1S/C12H13FN2O6S2/c1-2-21-11(18)10(17)8-5-22-12(14-8)15-4-7(3-9(15)16)6-23(13,19)20/h5,7H,2-4,6H2,1H3. The lowest BCUT2D eigenvalue weighted by Crippen LogP contribution is -2.25. The third-order valence-corrected chi connectivity index (χ3v) is 4.79. The highest BCUT2D eigenvalue weighted by Crippen LogP contribution is 2.29. The van der Waals surface area contributed by atoms with Crippen LogP contribution in [0.2, 0.25) is 0 Å². The number of thiazole rings is 1. The molecule has 1 unspecified atom stereocenters. The number of nitrogens with zero attached hydrogens (tertiary/aromatic N) is 2. The number of aromatic nitrogens is 1. The number of hydrogen-bond donors (Lipinski definition) is 0. The van der Waals surface area contributed by atoms with E-state index in [4.69, 9.17) is 0 Å². The minimum atomic E-state index is -4.67. The Bertz CT molecular complexity index is 744. The summed E-state index contributed by atoms with van der Waals surface area (Å²) in [4.78, 5) is 40.1. The van der Waals surface area contributed by atoms with E-state index in [0.29, 0.717) is 0 Å². The van der Waals surface area contributed by atoms with Crippen molar-refractivity contribution in [2.75, 3.05) is 23.8 Å². The van der Waals surface area contributed by atoms with Crippen molar-refractivity contribution in [2.45, 2.75) is 13.3 Å². The quantitative estimate of drug-likeness (QED) is 0.313. The van der Waals surface area contributed by atoms with E-state index in [1.807, 2.05) is 0 Å². The smallest absolute Gasteiger partial charge is 0.381 e. The van der Waals surface area contributed by atoms with Crippen LogP contribution in [0.5, 0.6) is 0 Å². The van der Waals surface area contributed by atoms with Crippen LogP contribution >= 0.6 is 11.3 Å². The van der Waals surface area contributed by atoms with E-state index < -0.39 is 39.6 Å². The van der Waals surface area contributed by atoms with E-state index in [2.05, 4.69) is 9.72 Å². The Labute approximate surface area is 135 Å².